The third kappa shape index (κ3) is 3.19. The van der Waals surface area contributed by atoms with Crippen molar-refractivity contribution in [3.63, 3.8) is 0 Å². The lowest BCUT2D eigenvalue weighted by Gasteiger charge is -2.07. The summed E-state index contributed by atoms with van der Waals surface area (Å²) in [6, 6.07) is 12.3. The molecule has 0 amide bonds. The molecule has 0 aliphatic carbocycles. The summed E-state index contributed by atoms with van der Waals surface area (Å²) in [5, 5.41) is 4.42. The molecule has 0 saturated heterocycles. The first-order valence-electron chi connectivity index (χ1n) is 8.22. The Labute approximate surface area is 153 Å². The molecule has 4 aromatic rings. The van der Waals surface area contributed by atoms with Crippen molar-refractivity contribution >= 4 is 5.52 Å². The van der Waals surface area contributed by atoms with E-state index in [1.165, 1.54) is 27.4 Å². The maximum Gasteiger partial charge on any atom is 0.276 e. The molecule has 2 aromatic heterocycles. The fraction of sp³-hybridized carbons (Fsp3) is 0.100. The van der Waals surface area contributed by atoms with Crippen LogP contribution in [0, 0.1) is 11.6 Å². The minimum Gasteiger partial charge on any atom is -0.497 e. The number of fused-ring (bicyclic) bond motifs is 1. The summed E-state index contributed by atoms with van der Waals surface area (Å²) in [6.07, 6.45) is 3.16. The molecule has 0 radical (unpaired) electrons. The number of benzene rings is 2. The van der Waals surface area contributed by atoms with E-state index in [-0.39, 0.29) is 17.7 Å². The van der Waals surface area contributed by atoms with Crippen molar-refractivity contribution in [1.29, 1.82) is 0 Å². The molecule has 5 nitrogen and oxygen atoms in total. The van der Waals surface area contributed by atoms with E-state index in [0.29, 0.717) is 17.0 Å². The molecule has 0 saturated carbocycles. The van der Waals surface area contributed by atoms with Crippen molar-refractivity contribution in [3.05, 3.63) is 88.5 Å². The zero-order valence-corrected chi connectivity index (χ0v) is 14.4. The van der Waals surface area contributed by atoms with E-state index >= 15 is 0 Å². The predicted octanol–water partition coefficient (Wildman–Crippen LogP) is 3.50. The number of rotatable bonds is 4. The average Bonchev–Trinajstić information content (AvgIpc) is 3.11. The molecule has 27 heavy (non-hydrogen) atoms. The topological polar surface area (TPSA) is 48.5 Å². The van der Waals surface area contributed by atoms with Crippen LogP contribution >= 0.6 is 0 Å². The molecule has 0 aliphatic rings. The van der Waals surface area contributed by atoms with Crippen molar-refractivity contribution in [2.75, 3.05) is 7.11 Å². The third-order valence-corrected chi connectivity index (χ3v) is 4.32. The fourth-order valence-electron chi connectivity index (χ4n) is 2.91. The van der Waals surface area contributed by atoms with Gasteiger partial charge in [0.1, 0.15) is 22.9 Å². The van der Waals surface area contributed by atoms with Crippen molar-refractivity contribution in [1.82, 2.24) is 14.2 Å². The normalized spacial score (nSPS) is 11.1. The van der Waals surface area contributed by atoms with Gasteiger partial charge >= 0.3 is 0 Å². The van der Waals surface area contributed by atoms with Gasteiger partial charge in [0.15, 0.2) is 0 Å². The van der Waals surface area contributed by atoms with Gasteiger partial charge in [-0.3, -0.25) is 4.79 Å². The van der Waals surface area contributed by atoms with Gasteiger partial charge in [-0.1, -0.05) is 18.2 Å². The first-order chi connectivity index (χ1) is 13.0. The number of aromatic nitrogens is 3. The number of ether oxygens (including phenoxy) is 1. The van der Waals surface area contributed by atoms with Crippen LogP contribution in [0.5, 0.6) is 5.75 Å². The van der Waals surface area contributed by atoms with E-state index < -0.39 is 11.6 Å². The molecule has 7 heteroatoms. The van der Waals surface area contributed by atoms with E-state index in [1.54, 1.807) is 19.4 Å². The standard InChI is InChI=1S/C20H15F2N3O2/c1-27-16-4-2-3-13(9-16)18-11-19-20(26)24(7-8-25(19)23-18)12-14-5-6-15(21)10-17(14)22/h2-11H,12H2,1H3. The molecule has 0 unspecified atom stereocenters. The van der Waals surface area contributed by atoms with Gasteiger partial charge < -0.3 is 9.30 Å². The first kappa shape index (κ1) is 17.0. The Hall–Kier alpha value is -3.48. The summed E-state index contributed by atoms with van der Waals surface area (Å²) in [5.74, 6) is -0.654. The van der Waals surface area contributed by atoms with Crippen LogP contribution in [0.1, 0.15) is 5.56 Å². The van der Waals surface area contributed by atoms with Crippen molar-refractivity contribution in [2.24, 2.45) is 0 Å². The molecular formula is C20H15F2N3O2. The zero-order valence-electron chi connectivity index (χ0n) is 14.4. The molecule has 4 rings (SSSR count). The van der Waals surface area contributed by atoms with Gasteiger partial charge in [-0.2, -0.15) is 5.10 Å². The number of halogens is 2. The second kappa shape index (κ2) is 6.68. The zero-order chi connectivity index (χ0) is 19.0. The molecule has 0 fully saturated rings. The van der Waals surface area contributed by atoms with Crippen LogP contribution < -0.4 is 10.3 Å². The van der Waals surface area contributed by atoms with E-state index in [1.807, 2.05) is 24.3 Å². The Bertz CT molecular complexity index is 1200. The predicted molar refractivity (Wildman–Crippen MR) is 96.9 cm³/mol. The van der Waals surface area contributed by atoms with Gasteiger partial charge in [-0.15, -0.1) is 0 Å². The third-order valence-electron chi connectivity index (χ3n) is 4.32. The number of methoxy groups -OCH3 is 1. The fourth-order valence-corrected chi connectivity index (χ4v) is 2.91. The van der Waals surface area contributed by atoms with Crippen LogP contribution in [0.15, 0.2) is 65.7 Å². The van der Waals surface area contributed by atoms with Crippen LogP contribution in [0.4, 0.5) is 8.78 Å². The molecule has 0 N–H and O–H groups in total. The van der Waals surface area contributed by atoms with Crippen LogP contribution in [0.3, 0.4) is 0 Å². The van der Waals surface area contributed by atoms with Gasteiger partial charge in [0, 0.05) is 29.6 Å². The molecule has 0 aliphatic heterocycles. The van der Waals surface area contributed by atoms with Gasteiger partial charge in [0.2, 0.25) is 0 Å². The monoisotopic (exact) mass is 367 g/mol. The second-order valence-electron chi connectivity index (χ2n) is 6.06. The summed E-state index contributed by atoms with van der Waals surface area (Å²) >= 11 is 0. The van der Waals surface area contributed by atoms with E-state index in [2.05, 4.69) is 5.10 Å². The summed E-state index contributed by atoms with van der Waals surface area (Å²) < 4.78 is 35.0. The van der Waals surface area contributed by atoms with E-state index in [9.17, 15) is 13.6 Å². The second-order valence-corrected chi connectivity index (χ2v) is 6.06. The highest BCUT2D eigenvalue weighted by Crippen LogP contribution is 2.23. The van der Waals surface area contributed by atoms with Crippen molar-refractivity contribution in [2.45, 2.75) is 6.54 Å². The summed E-state index contributed by atoms with van der Waals surface area (Å²) in [4.78, 5) is 12.8. The largest absolute Gasteiger partial charge is 0.497 e. The van der Waals surface area contributed by atoms with Crippen LogP contribution in [0.25, 0.3) is 16.8 Å². The number of hydrogen-bond donors (Lipinski definition) is 0. The van der Waals surface area contributed by atoms with Crippen LogP contribution in [-0.2, 0) is 6.54 Å². The molecule has 0 bridgehead atoms. The number of nitrogens with zero attached hydrogens (tertiary/aromatic N) is 3. The number of hydrogen-bond acceptors (Lipinski definition) is 3. The van der Waals surface area contributed by atoms with Gasteiger partial charge in [-0.05, 0) is 24.3 Å². The Morgan fingerprint density at radius 2 is 1.93 bits per heavy atom. The summed E-state index contributed by atoms with van der Waals surface area (Å²) in [7, 11) is 1.58. The lowest BCUT2D eigenvalue weighted by molar-refractivity contribution is 0.415. The van der Waals surface area contributed by atoms with Crippen LogP contribution in [0.2, 0.25) is 0 Å². The SMILES string of the molecule is COc1cccc(-c2cc3c(=O)n(Cc4ccc(F)cc4F)ccn3n2)c1. The summed E-state index contributed by atoms with van der Waals surface area (Å²) in [5.41, 5.74) is 1.71. The lowest BCUT2D eigenvalue weighted by atomic mass is 10.1. The van der Waals surface area contributed by atoms with E-state index in [0.717, 1.165) is 11.6 Å². The molecular weight excluding hydrogens is 352 g/mol. The Morgan fingerprint density at radius 1 is 1.07 bits per heavy atom. The maximum absolute atomic E-state index is 13.9. The molecule has 0 spiro atoms. The highest BCUT2D eigenvalue weighted by molar-refractivity contribution is 5.66. The van der Waals surface area contributed by atoms with Crippen molar-refractivity contribution in [3.8, 4) is 17.0 Å². The minimum atomic E-state index is -0.688. The maximum atomic E-state index is 13.9. The summed E-state index contributed by atoms with van der Waals surface area (Å²) in [6.45, 7) is 0.00111. The van der Waals surface area contributed by atoms with Crippen LogP contribution in [-0.4, -0.2) is 21.3 Å². The highest BCUT2D eigenvalue weighted by atomic mass is 19.1. The average molecular weight is 367 g/mol. The van der Waals surface area contributed by atoms with E-state index in [4.69, 9.17) is 4.74 Å². The van der Waals surface area contributed by atoms with Crippen molar-refractivity contribution < 1.29 is 13.5 Å². The van der Waals surface area contributed by atoms with Gasteiger partial charge in [0.25, 0.3) is 5.56 Å². The smallest absolute Gasteiger partial charge is 0.276 e. The Balaban J connectivity index is 1.75. The van der Waals surface area contributed by atoms with Gasteiger partial charge in [-0.25, -0.2) is 13.3 Å². The lowest BCUT2D eigenvalue weighted by Crippen LogP contribution is -2.22. The molecule has 2 aromatic carbocycles. The Morgan fingerprint density at radius 3 is 2.70 bits per heavy atom. The Kier molecular flexibility index (Phi) is 4.19. The molecule has 0 atom stereocenters. The van der Waals surface area contributed by atoms with Gasteiger partial charge in [0.05, 0.1) is 19.3 Å². The molecule has 136 valence electrons. The minimum absolute atomic E-state index is 0.00111. The highest BCUT2D eigenvalue weighted by Gasteiger charge is 2.11. The molecule has 2 heterocycles. The quantitative estimate of drug-likeness (QED) is 0.555. The first-order valence-corrected chi connectivity index (χ1v) is 8.22.